The number of aromatic nitrogens is 3. The fraction of sp³-hybridized carbons (Fsp3) is 0.125. The Morgan fingerprint density at radius 2 is 1.69 bits per heavy atom. The van der Waals surface area contributed by atoms with E-state index in [-0.39, 0.29) is 0 Å². The first kappa shape index (κ1) is 18.8. The Morgan fingerprint density at radius 3 is 2.45 bits per heavy atom. The summed E-state index contributed by atoms with van der Waals surface area (Å²) in [5.41, 5.74) is 12.4. The van der Waals surface area contributed by atoms with Crippen LogP contribution in [0.5, 0.6) is 5.75 Å². The number of ether oxygens (including phenoxy) is 1. The first-order valence-electron chi connectivity index (χ1n) is 9.58. The molecule has 29 heavy (non-hydrogen) atoms. The molecule has 0 aliphatic carbocycles. The molecule has 5 nitrogen and oxygen atoms in total. The maximum atomic E-state index is 5.90. The molecule has 5 heteroatoms. The lowest BCUT2D eigenvalue weighted by Gasteiger charge is -2.10. The molecule has 1 aromatic carbocycles. The first-order chi connectivity index (χ1) is 14.3. The third-order valence-corrected chi connectivity index (χ3v) is 4.56. The number of benzene rings is 1. The summed E-state index contributed by atoms with van der Waals surface area (Å²) in [5.74, 6) is 0.849. The summed E-state index contributed by atoms with van der Waals surface area (Å²) in [7, 11) is 0. The van der Waals surface area contributed by atoms with Crippen molar-refractivity contribution in [3.63, 3.8) is 0 Å². The Hall–Kier alpha value is -3.57. The molecular formula is C24H22N4O. The minimum absolute atomic E-state index is 0.358. The van der Waals surface area contributed by atoms with Gasteiger partial charge >= 0.3 is 0 Å². The number of rotatable bonds is 6. The van der Waals surface area contributed by atoms with Crippen LogP contribution in [-0.2, 0) is 6.54 Å². The van der Waals surface area contributed by atoms with Gasteiger partial charge < -0.3 is 10.5 Å². The number of pyridine rings is 3. The van der Waals surface area contributed by atoms with Gasteiger partial charge in [-0.15, -0.1) is 0 Å². The highest BCUT2D eigenvalue weighted by atomic mass is 16.5. The van der Waals surface area contributed by atoms with E-state index in [0.29, 0.717) is 13.2 Å². The molecule has 0 saturated carbocycles. The van der Waals surface area contributed by atoms with Crippen LogP contribution in [-0.4, -0.2) is 21.6 Å². The quantitative estimate of drug-likeness (QED) is 0.522. The van der Waals surface area contributed by atoms with Gasteiger partial charge in [0, 0.05) is 36.3 Å². The van der Waals surface area contributed by atoms with Gasteiger partial charge in [0.1, 0.15) is 5.75 Å². The molecule has 0 fully saturated rings. The monoisotopic (exact) mass is 382 g/mol. The summed E-state index contributed by atoms with van der Waals surface area (Å²) < 4.78 is 5.63. The van der Waals surface area contributed by atoms with Gasteiger partial charge in [-0.05, 0) is 60.5 Å². The minimum Gasteiger partial charge on any atom is -0.494 e. The molecule has 0 bridgehead atoms. The predicted molar refractivity (Wildman–Crippen MR) is 115 cm³/mol. The maximum absolute atomic E-state index is 5.90. The lowest BCUT2D eigenvalue weighted by molar-refractivity contribution is 0.340. The molecule has 0 atom stereocenters. The molecular weight excluding hydrogens is 360 g/mol. The van der Waals surface area contributed by atoms with E-state index in [1.807, 2.05) is 67.8 Å². The van der Waals surface area contributed by atoms with E-state index < -0.39 is 0 Å². The molecule has 144 valence electrons. The zero-order valence-corrected chi connectivity index (χ0v) is 16.2. The highest BCUT2D eigenvalue weighted by Gasteiger charge is 2.09. The molecule has 3 aromatic heterocycles. The van der Waals surface area contributed by atoms with Crippen molar-refractivity contribution in [2.24, 2.45) is 5.73 Å². The van der Waals surface area contributed by atoms with Gasteiger partial charge in [0.2, 0.25) is 0 Å². The van der Waals surface area contributed by atoms with E-state index in [0.717, 1.165) is 45.1 Å². The Bertz CT molecular complexity index is 1110. The highest BCUT2D eigenvalue weighted by molar-refractivity contribution is 5.74. The second-order valence-corrected chi connectivity index (χ2v) is 6.57. The lowest BCUT2D eigenvalue weighted by Crippen LogP contribution is -2.02. The van der Waals surface area contributed by atoms with Gasteiger partial charge in [0.15, 0.2) is 0 Å². The van der Waals surface area contributed by atoms with Gasteiger partial charge in [-0.2, -0.15) is 0 Å². The van der Waals surface area contributed by atoms with E-state index in [1.54, 1.807) is 6.20 Å². The van der Waals surface area contributed by atoms with E-state index in [4.69, 9.17) is 10.5 Å². The summed E-state index contributed by atoms with van der Waals surface area (Å²) in [5, 5.41) is 0. The van der Waals surface area contributed by atoms with E-state index in [2.05, 4.69) is 27.1 Å². The van der Waals surface area contributed by atoms with Gasteiger partial charge in [0.25, 0.3) is 0 Å². The topological polar surface area (TPSA) is 73.9 Å². The fourth-order valence-electron chi connectivity index (χ4n) is 3.19. The minimum atomic E-state index is 0.358. The smallest absolute Gasteiger partial charge is 0.119 e. The van der Waals surface area contributed by atoms with Crippen molar-refractivity contribution in [3.8, 4) is 39.4 Å². The van der Waals surface area contributed by atoms with Gasteiger partial charge in [-0.3, -0.25) is 9.97 Å². The summed E-state index contributed by atoms with van der Waals surface area (Å²) in [6.45, 7) is 2.97. The van der Waals surface area contributed by atoms with Gasteiger partial charge in [-0.1, -0.05) is 18.2 Å². The second-order valence-electron chi connectivity index (χ2n) is 6.57. The predicted octanol–water partition coefficient (Wildman–Crippen LogP) is 4.73. The molecule has 0 spiro atoms. The van der Waals surface area contributed by atoms with E-state index in [1.165, 1.54) is 0 Å². The molecule has 2 N–H and O–H groups in total. The lowest BCUT2D eigenvalue weighted by atomic mass is 10.0. The van der Waals surface area contributed by atoms with Crippen LogP contribution in [0.4, 0.5) is 0 Å². The Balaban J connectivity index is 1.76. The van der Waals surface area contributed by atoms with Crippen LogP contribution in [0.1, 0.15) is 12.6 Å². The normalized spacial score (nSPS) is 10.7. The first-order valence-corrected chi connectivity index (χ1v) is 9.58. The number of nitrogens with zero attached hydrogens (tertiary/aromatic N) is 3. The van der Waals surface area contributed by atoms with Crippen LogP contribution in [0.15, 0.2) is 79.3 Å². The zero-order chi connectivity index (χ0) is 20.1. The van der Waals surface area contributed by atoms with Crippen molar-refractivity contribution in [2.75, 3.05) is 6.61 Å². The SMILES string of the molecule is CCOc1cccc(-c2cncc(-c3cc(CN)nc(-c4ccccn4)c3)c2)c1. The highest BCUT2D eigenvalue weighted by Crippen LogP contribution is 2.29. The molecule has 3 heterocycles. The third-order valence-electron chi connectivity index (χ3n) is 4.56. The number of hydrogen-bond acceptors (Lipinski definition) is 5. The Labute approximate surface area is 170 Å². The molecule has 0 amide bonds. The fourth-order valence-corrected chi connectivity index (χ4v) is 3.19. The largest absolute Gasteiger partial charge is 0.494 e. The molecule has 4 rings (SSSR count). The van der Waals surface area contributed by atoms with Crippen molar-refractivity contribution in [3.05, 3.63) is 84.9 Å². The van der Waals surface area contributed by atoms with Crippen LogP contribution in [0, 0.1) is 0 Å². The van der Waals surface area contributed by atoms with Crippen LogP contribution >= 0.6 is 0 Å². The zero-order valence-electron chi connectivity index (χ0n) is 16.2. The second kappa shape index (κ2) is 8.63. The summed E-state index contributed by atoms with van der Waals surface area (Å²) in [6, 6.07) is 20.0. The van der Waals surface area contributed by atoms with Crippen molar-refractivity contribution in [1.29, 1.82) is 0 Å². The third kappa shape index (κ3) is 4.31. The van der Waals surface area contributed by atoms with Crippen molar-refractivity contribution < 1.29 is 4.74 Å². The molecule has 0 aliphatic rings. The average Bonchev–Trinajstić information content (AvgIpc) is 2.80. The van der Waals surface area contributed by atoms with Crippen LogP contribution < -0.4 is 10.5 Å². The van der Waals surface area contributed by atoms with Crippen LogP contribution in [0.2, 0.25) is 0 Å². The molecule has 0 unspecified atom stereocenters. The van der Waals surface area contributed by atoms with E-state index in [9.17, 15) is 0 Å². The Kier molecular flexibility index (Phi) is 5.59. The standard InChI is InChI=1S/C24H22N4O/c1-2-29-22-7-5-6-17(12-22)19-10-20(16-26-15-19)18-11-21(14-25)28-24(13-18)23-8-3-4-9-27-23/h3-13,15-16H,2,14,25H2,1H3. The van der Waals surface area contributed by atoms with Crippen LogP contribution in [0.25, 0.3) is 33.6 Å². The van der Waals surface area contributed by atoms with Crippen LogP contribution in [0.3, 0.4) is 0 Å². The van der Waals surface area contributed by atoms with Crippen molar-refractivity contribution in [2.45, 2.75) is 13.5 Å². The summed E-state index contributed by atoms with van der Waals surface area (Å²) >= 11 is 0. The van der Waals surface area contributed by atoms with Gasteiger partial charge in [-0.25, -0.2) is 4.98 Å². The molecule has 0 radical (unpaired) electrons. The molecule has 0 saturated heterocycles. The number of nitrogens with two attached hydrogens (primary N) is 1. The van der Waals surface area contributed by atoms with E-state index >= 15 is 0 Å². The average molecular weight is 382 g/mol. The van der Waals surface area contributed by atoms with Gasteiger partial charge in [0.05, 0.1) is 23.7 Å². The van der Waals surface area contributed by atoms with Crippen molar-refractivity contribution >= 4 is 0 Å². The maximum Gasteiger partial charge on any atom is 0.119 e. The summed E-state index contributed by atoms with van der Waals surface area (Å²) in [4.78, 5) is 13.5. The molecule has 0 aliphatic heterocycles. The molecule has 4 aromatic rings. The Morgan fingerprint density at radius 1 is 0.828 bits per heavy atom. The summed E-state index contributed by atoms with van der Waals surface area (Å²) in [6.07, 6.45) is 5.48. The number of hydrogen-bond donors (Lipinski definition) is 1. The van der Waals surface area contributed by atoms with Crippen molar-refractivity contribution in [1.82, 2.24) is 15.0 Å².